The SMILES string of the molecule is COc1ccccc1C1(C)CC(=O)N1. The summed E-state index contributed by atoms with van der Waals surface area (Å²) in [6.07, 6.45) is 0.535. The molecule has 1 fully saturated rings. The Morgan fingerprint density at radius 2 is 2.07 bits per heavy atom. The molecule has 0 aromatic heterocycles. The zero-order valence-electron chi connectivity index (χ0n) is 8.33. The van der Waals surface area contributed by atoms with E-state index >= 15 is 0 Å². The molecular weight excluding hydrogens is 178 g/mol. The van der Waals surface area contributed by atoms with Gasteiger partial charge in [-0.25, -0.2) is 0 Å². The van der Waals surface area contributed by atoms with Crippen molar-refractivity contribution in [2.45, 2.75) is 18.9 Å². The molecular formula is C11H13NO2. The number of carbonyl (C=O) groups is 1. The fraction of sp³-hybridized carbons (Fsp3) is 0.364. The van der Waals surface area contributed by atoms with Crippen molar-refractivity contribution < 1.29 is 9.53 Å². The van der Waals surface area contributed by atoms with Gasteiger partial charge in [0.25, 0.3) is 0 Å². The number of methoxy groups -OCH3 is 1. The fourth-order valence-corrected chi connectivity index (χ4v) is 1.87. The van der Waals surface area contributed by atoms with Gasteiger partial charge in [-0.05, 0) is 13.0 Å². The molecule has 1 unspecified atom stereocenters. The van der Waals surface area contributed by atoms with E-state index in [0.717, 1.165) is 11.3 Å². The molecule has 1 N–H and O–H groups in total. The standard InChI is InChI=1S/C11H13NO2/c1-11(7-10(13)12-11)8-5-3-4-6-9(8)14-2/h3-6H,7H2,1-2H3,(H,12,13). The summed E-state index contributed by atoms with van der Waals surface area (Å²) in [6, 6.07) is 7.77. The van der Waals surface area contributed by atoms with E-state index in [1.165, 1.54) is 0 Å². The Morgan fingerprint density at radius 3 is 2.64 bits per heavy atom. The lowest BCUT2D eigenvalue weighted by Gasteiger charge is -2.40. The summed E-state index contributed by atoms with van der Waals surface area (Å²) in [7, 11) is 1.64. The highest BCUT2D eigenvalue weighted by molar-refractivity contribution is 5.85. The third-order valence-electron chi connectivity index (χ3n) is 2.63. The number of rotatable bonds is 2. The van der Waals surface area contributed by atoms with Gasteiger partial charge in [-0.3, -0.25) is 4.79 Å². The lowest BCUT2D eigenvalue weighted by molar-refractivity contribution is -0.132. The van der Waals surface area contributed by atoms with Crippen molar-refractivity contribution >= 4 is 5.91 Å². The van der Waals surface area contributed by atoms with Crippen LogP contribution < -0.4 is 10.1 Å². The van der Waals surface area contributed by atoms with Gasteiger partial charge in [-0.1, -0.05) is 18.2 Å². The van der Waals surface area contributed by atoms with Crippen molar-refractivity contribution in [3.8, 4) is 5.75 Å². The summed E-state index contributed by atoms with van der Waals surface area (Å²) in [5.41, 5.74) is 0.797. The summed E-state index contributed by atoms with van der Waals surface area (Å²) in [5, 5.41) is 2.89. The number of ether oxygens (including phenoxy) is 1. The zero-order valence-corrected chi connectivity index (χ0v) is 8.33. The molecule has 1 aliphatic rings. The topological polar surface area (TPSA) is 38.3 Å². The molecule has 1 aliphatic heterocycles. The number of amides is 1. The maximum absolute atomic E-state index is 10.9. The van der Waals surface area contributed by atoms with E-state index < -0.39 is 0 Å². The summed E-state index contributed by atoms with van der Waals surface area (Å²) in [5.74, 6) is 0.924. The Labute approximate surface area is 83.1 Å². The molecule has 1 amide bonds. The van der Waals surface area contributed by atoms with E-state index in [1.807, 2.05) is 31.2 Å². The van der Waals surface area contributed by atoms with Crippen molar-refractivity contribution in [3.05, 3.63) is 29.8 Å². The van der Waals surface area contributed by atoms with Gasteiger partial charge >= 0.3 is 0 Å². The van der Waals surface area contributed by atoms with Crippen LogP contribution in [0, 0.1) is 0 Å². The second-order valence-corrected chi connectivity index (χ2v) is 3.76. The molecule has 3 nitrogen and oxygen atoms in total. The van der Waals surface area contributed by atoms with E-state index in [2.05, 4.69) is 5.32 Å². The quantitative estimate of drug-likeness (QED) is 0.718. The van der Waals surface area contributed by atoms with Gasteiger partial charge < -0.3 is 10.1 Å². The van der Waals surface area contributed by atoms with Crippen molar-refractivity contribution in [1.82, 2.24) is 5.32 Å². The molecule has 1 heterocycles. The molecule has 0 saturated carbocycles. The minimum Gasteiger partial charge on any atom is -0.496 e. The first kappa shape index (κ1) is 9.06. The highest BCUT2D eigenvalue weighted by Crippen LogP contribution is 2.36. The maximum atomic E-state index is 10.9. The van der Waals surface area contributed by atoms with E-state index in [0.29, 0.717) is 6.42 Å². The van der Waals surface area contributed by atoms with Crippen LogP contribution in [-0.4, -0.2) is 13.0 Å². The van der Waals surface area contributed by atoms with Crippen molar-refractivity contribution in [1.29, 1.82) is 0 Å². The number of β-lactam (4-membered cyclic amide) rings is 1. The summed E-state index contributed by atoms with van der Waals surface area (Å²) in [4.78, 5) is 10.9. The van der Waals surface area contributed by atoms with E-state index in [-0.39, 0.29) is 11.4 Å². The molecule has 0 aliphatic carbocycles. The first-order valence-electron chi connectivity index (χ1n) is 4.60. The van der Waals surface area contributed by atoms with Crippen LogP contribution in [0.25, 0.3) is 0 Å². The number of hydrogen-bond donors (Lipinski definition) is 1. The predicted molar refractivity (Wildman–Crippen MR) is 53.1 cm³/mol. The van der Waals surface area contributed by atoms with Crippen LogP contribution in [0.15, 0.2) is 24.3 Å². The highest BCUT2D eigenvalue weighted by atomic mass is 16.5. The average molecular weight is 191 g/mol. The number of benzene rings is 1. The van der Waals surface area contributed by atoms with Gasteiger partial charge in [-0.2, -0.15) is 0 Å². The minimum atomic E-state index is -0.246. The van der Waals surface area contributed by atoms with Gasteiger partial charge in [0.05, 0.1) is 19.1 Å². The molecule has 14 heavy (non-hydrogen) atoms. The fourth-order valence-electron chi connectivity index (χ4n) is 1.87. The summed E-state index contributed by atoms with van der Waals surface area (Å²) >= 11 is 0. The van der Waals surface area contributed by atoms with Crippen molar-refractivity contribution in [2.24, 2.45) is 0 Å². The Kier molecular flexibility index (Phi) is 1.95. The molecule has 1 atom stereocenters. The van der Waals surface area contributed by atoms with Crippen molar-refractivity contribution in [3.63, 3.8) is 0 Å². The maximum Gasteiger partial charge on any atom is 0.223 e. The van der Waals surface area contributed by atoms with Gasteiger partial charge in [-0.15, -0.1) is 0 Å². The molecule has 2 rings (SSSR count). The predicted octanol–water partition coefficient (Wildman–Crippen LogP) is 1.43. The zero-order chi connectivity index (χ0) is 10.2. The molecule has 1 saturated heterocycles. The highest BCUT2D eigenvalue weighted by Gasteiger charge is 2.41. The second kappa shape index (κ2) is 3.01. The molecule has 0 bridgehead atoms. The summed E-state index contributed by atoms with van der Waals surface area (Å²) in [6.45, 7) is 2.01. The molecule has 1 aromatic rings. The van der Waals surface area contributed by atoms with Crippen molar-refractivity contribution in [2.75, 3.05) is 7.11 Å². The van der Waals surface area contributed by atoms with Gasteiger partial charge in [0.1, 0.15) is 5.75 Å². The van der Waals surface area contributed by atoms with E-state index in [4.69, 9.17) is 4.74 Å². The van der Waals surface area contributed by atoms with Gasteiger partial charge in [0.15, 0.2) is 0 Å². The van der Waals surface area contributed by atoms with Crippen LogP contribution in [0.1, 0.15) is 18.9 Å². The number of para-hydroxylation sites is 1. The average Bonchev–Trinajstić information content (AvgIpc) is 2.15. The first-order chi connectivity index (χ1) is 6.65. The summed E-state index contributed by atoms with van der Waals surface area (Å²) < 4.78 is 5.25. The first-order valence-corrected chi connectivity index (χ1v) is 4.60. The molecule has 3 heteroatoms. The van der Waals surface area contributed by atoms with E-state index in [1.54, 1.807) is 7.11 Å². The molecule has 0 radical (unpaired) electrons. The van der Waals surface area contributed by atoms with Crippen LogP contribution in [0.3, 0.4) is 0 Å². The number of hydrogen-bond acceptors (Lipinski definition) is 2. The van der Waals surface area contributed by atoms with Crippen LogP contribution >= 0.6 is 0 Å². The van der Waals surface area contributed by atoms with E-state index in [9.17, 15) is 4.79 Å². The molecule has 0 spiro atoms. The van der Waals surface area contributed by atoms with Gasteiger partial charge in [0, 0.05) is 5.56 Å². The molecule has 74 valence electrons. The lowest BCUT2D eigenvalue weighted by atomic mass is 9.82. The number of nitrogens with one attached hydrogen (secondary N) is 1. The minimum absolute atomic E-state index is 0.0957. The second-order valence-electron chi connectivity index (χ2n) is 3.76. The van der Waals surface area contributed by atoms with Crippen LogP contribution in [0.4, 0.5) is 0 Å². The third kappa shape index (κ3) is 1.25. The van der Waals surface area contributed by atoms with Crippen LogP contribution in [0.2, 0.25) is 0 Å². The van der Waals surface area contributed by atoms with Crippen LogP contribution in [0.5, 0.6) is 5.75 Å². The Balaban J connectivity index is 2.36. The Hall–Kier alpha value is -1.51. The molecule has 1 aromatic carbocycles. The lowest BCUT2D eigenvalue weighted by Crippen LogP contribution is -2.56. The number of carbonyl (C=O) groups excluding carboxylic acids is 1. The third-order valence-corrected chi connectivity index (χ3v) is 2.63. The largest absolute Gasteiger partial charge is 0.496 e. The monoisotopic (exact) mass is 191 g/mol. The van der Waals surface area contributed by atoms with Crippen LogP contribution in [-0.2, 0) is 10.3 Å². The smallest absolute Gasteiger partial charge is 0.223 e. The Morgan fingerprint density at radius 1 is 1.43 bits per heavy atom. The normalized spacial score (nSPS) is 25.1. The Bertz CT molecular complexity index is 365. The van der Waals surface area contributed by atoms with Gasteiger partial charge in [0.2, 0.25) is 5.91 Å².